The van der Waals surface area contributed by atoms with Gasteiger partial charge in [-0.2, -0.15) is 0 Å². The fraction of sp³-hybridized carbons (Fsp3) is 0.0909. The highest BCUT2D eigenvalue weighted by Gasteiger charge is 2.14. The molecule has 1 unspecified atom stereocenters. The third kappa shape index (κ3) is 2.51. The maximum atomic E-state index is 6.19. The van der Waals surface area contributed by atoms with Gasteiger partial charge in [0.2, 0.25) is 0 Å². The zero-order valence-corrected chi connectivity index (χ0v) is 12.8. The van der Waals surface area contributed by atoms with Crippen molar-refractivity contribution in [3.8, 4) is 0 Å². The lowest BCUT2D eigenvalue weighted by atomic mass is 10.1. The van der Waals surface area contributed by atoms with Gasteiger partial charge in [0.05, 0.1) is 11.1 Å². The van der Waals surface area contributed by atoms with E-state index in [1.54, 1.807) is 11.3 Å². The van der Waals surface area contributed by atoms with E-state index in [4.69, 9.17) is 17.3 Å². The molecule has 0 saturated carbocycles. The highest BCUT2D eigenvalue weighted by Crippen LogP contribution is 2.33. The summed E-state index contributed by atoms with van der Waals surface area (Å²) in [6, 6.07) is 7.65. The smallest absolute Gasteiger partial charge is 0.0657 e. The molecule has 5 heteroatoms. The minimum Gasteiger partial charge on any atom is -0.320 e. The lowest BCUT2D eigenvalue weighted by molar-refractivity contribution is 0.888. The Balaban J connectivity index is 2.38. The van der Waals surface area contributed by atoms with Crippen molar-refractivity contribution in [3.05, 3.63) is 54.1 Å². The van der Waals surface area contributed by atoms with E-state index in [1.807, 2.05) is 29.6 Å². The fourth-order valence-corrected chi connectivity index (χ4v) is 3.47. The molecular weight excluding hydrogens is 373 g/mol. The number of benzene rings is 1. The van der Waals surface area contributed by atoms with Gasteiger partial charge in [0, 0.05) is 13.8 Å². The van der Waals surface area contributed by atoms with Gasteiger partial charge in [-0.05, 0) is 61.0 Å². The third-order valence-corrected chi connectivity index (χ3v) is 5.42. The summed E-state index contributed by atoms with van der Waals surface area (Å²) in [6.07, 6.45) is 0. The minimum atomic E-state index is -0.139. The number of hydrogen-bond donors (Lipinski definition) is 1. The van der Waals surface area contributed by atoms with Crippen LogP contribution in [0.25, 0.3) is 0 Å². The van der Waals surface area contributed by atoms with Crippen molar-refractivity contribution < 1.29 is 0 Å². The van der Waals surface area contributed by atoms with Gasteiger partial charge in [0.1, 0.15) is 0 Å². The van der Waals surface area contributed by atoms with Crippen molar-refractivity contribution in [1.82, 2.24) is 0 Å². The standard InChI is InChI=1S/C11H8Br2ClNS/c12-7-2-1-6(5-9(7)14)10(15)11-8(13)3-4-16-11/h1-5,10H,15H2. The maximum absolute atomic E-state index is 6.19. The van der Waals surface area contributed by atoms with E-state index in [1.165, 1.54) is 0 Å². The van der Waals surface area contributed by atoms with Gasteiger partial charge in [0.15, 0.2) is 0 Å². The zero-order chi connectivity index (χ0) is 11.7. The number of nitrogens with two attached hydrogens (primary N) is 1. The van der Waals surface area contributed by atoms with Gasteiger partial charge < -0.3 is 5.73 Å². The number of halogens is 3. The Kier molecular flexibility index (Phi) is 4.08. The zero-order valence-electron chi connectivity index (χ0n) is 8.08. The fourth-order valence-electron chi connectivity index (χ4n) is 1.38. The van der Waals surface area contributed by atoms with Crippen molar-refractivity contribution >= 4 is 54.8 Å². The van der Waals surface area contributed by atoms with Crippen LogP contribution < -0.4 is 5.73 Å². The normalized spacial score (nSPS) is 12.8. The number of hydrogen-bond acceptors (Lipinski definition) is 2. The molecule has 0 radical (unpaired) electrons. The molecule has 0 fully saturated rings. The number of rotatable bonds is 2. The summed E-state index contributed by atoms with van der Waals surface area (Å²) in [6.45, 7) is 0. The first-order valence-electron chi connectivity index (χ1n) is 4.53. The summed E-state index contributed by atoms with van der Waals surface area (Å²) in [4.78, 5) is 1.11. The molecule has 1 atom stereocenters. The topological polar surface area (TPSA) is 26.0 Å². The first kappa shape index (κ1) is 12.6. The van der Waals surface area contributed by atoms with Gasteiger partial charge in [-0.1, -0.05) is 17.7 Å². The molecule has 0 aliphatic carbocycles. The van der Waals surface area contributed by atoms with E-state index in [-0.39, 0.29) is 6.04 Å². The summed E-state index contributed by atoms with van der Waals surface area (Å²) in [7, 11) is 0. The molecule has 0 bridgehead atoms. The molecule has 0 saturated heterocycles. The van der Waals surface area contributed by atoms with Crippen LogP contribution in [0.4, 0.5) is 0 Å². The van der Waals surface area contributed by atoms with Crippen molar-refractivity contribution in [1.29, 1.82) is 0 Å². The van der Waals surface area contributed by atoms with Gasteiger partial charge >= 0.3 is 0 Å². The molecular formula is C11H8Br2ClNS. The summed E-state index contributed by atoms with van der Waals surface area (Å²) in [5, 5.41) is 2.69. The molecule has 2 aromatic rings. The Morgan fingerprint density at radius 2 is 1.94 bits per heavy atom. The Morgan fingerprint density at radius 1 is 1.19 bits per heavy atom. The summed E-state index contributed by atoms with van der Waals surface area (Å²) < 4.78 is 1.93. The predicted octanol–water partition coefficient (Wildman–Crippen LogP) is 4.97. The van der Waals surface area contributed by atoms with E-state index < -0.39 is 0 Å². The third-order valence-electron chi connectivity index (χ3n) is 2.23. The van der Waals surface area contributed by atoms with E-state index in [0.29, 0.717) is 5.02 Å². The molecule has 1 nitrogen and oxygen atoms in total. The molecule has 2 N–H and O–H groups in total. The maximum Gasteiger partial charge on any atom is 0.0657 e. The Labute approximate surface area is 120 Å². The Bertz CT molecular complexity index is 512. The van der Waals surface area contributed by atoms with E-state index in [0.717, 1.165) is 19.4 Å². The molecule has 0 spiro atoms. The first-order chi connectivity index (χ1) is 7.59. The summed E-state index contributed by atoms with van der Waals surface area (Å²) >= 11 is 14.5. The van der Waals surface area contributed by atoms with Crippen LogP contribution in [0, 0.1) is 0 Å². The van der Waals surface area contributed by atoms with Crippen LogP contribution in [0.5, 0.6) is 0 Å². The van der Waals surface area contributed by atoms with Crippen LogP contribution >= 0.6 is 54.8 Å². The quantitative estimate of drug-likeness (QED) is 0.780. The molecule has 1 heterocycles. The van der Waals surface area contributed by atoms with Crippen molar-refractivity contribution in [3.63, 3.8) is 0 Å². The van der Waals surface area contributed by atoms with Crippen LogP contribution in [0.15, 0.2) is 38.6 Å². The second-order valence-electron chi connectivity index (χ2n) is 3.28. The van der Waals surface area contributed by atoms with Crippen LogP contribution in [0.3, 0.4) is 0 Å². The highest BCUT2D eigenvalue weighted by molar-refractivity contribution is 9.10. The average molecular weight is 382 g/mol. The van der Waals surface area contributed by atoms with Gasteiger partial charge in [-0.25, -0.2) is 0 Å². The molecule has 16 heavy (non-hydrogen) atoms. The molecule has 2 rings (SSSR count). The Hall–Kier alpha value is 0.130. The SMILES string of the molecule is NC(c1ccc(Br)c(Cl)c1)c1sccc1Br. The minimum absolute atomic E-state index is 0.139. The highest BCUT2D eigenvalue weighted by atomic mass is 79.9. The Morgan fingerprint density at radius 3 is 2.50 bits per heavy atom. The molecule has 1 aromatic heterocycles. The number of thiophene rings is 1. The summed E-state index contributed by atoms with van der Waals surface area (Å²) in [5.74, 6) is 0. The van der Waals surface area contributed by atoms with Crippen LogP contribution in [-0.2, 0) is 0 Å². The largest absolute Gasteiger partial charge is 0.320 e. The van der Waals surface area contributed by atoms with Gasteiger partial charge in [-0.3, -0.25) is 0 Å². The van der Waals surface area contributed by atoms with E-state index in [2.05, 4.69) is 31.9 Å². The second kappa shape index (κ2) is 5.19. The lowest BCUT2D eigenvalue weighted by Crippen LogP contribution is -2.10. The molecule has 0 aliphatic rings. The first-order valence-corrected chi connectivity index (χ1v) is 7.37. The molecule has 1 aromatic carbocycles. The average Bonchev–Trinajstić information content (AvgIpc) is 2.67. The van der Waals surface area contributed by atoms with E-state index >= 15 is 0 Å². The van der Waals surface area contributed by atoms with Crippen molar-refractivity contribution in [2.75, 3.05) is 0 Å². The van der Waals surface area contributed by atoms with Crippen molar-refractivity contribution in [2.45, 2.75) is 6.04 Å². The van der Waals surface area contributed by atoms with Crippen LogP contribution in [0.1, 0.15) is 16.5 Å². The van der Waals surface area contributed by atoms with Crippen LogP contribution in [-0.4, -0.2) is 0 Å². The van der Waals surface area contributed by atoms with Crippen molar-refractivity contribution in [2.24, 2.45) is 5.73 Å². The van der Waals surface area contributed by atoms with E-state index in [9.17, 15) is 0 Å². The lowest BCUT2D eigenvalue weighted by Gasteiger charge is -2.11. The van der Waals surface area contributed by atoms with Gasteiger partial charge in [-0.15, -0.1) is 11.3 Å². The molecule has 0 amide bonds. The molecule has 0 aliphatic heterocycles. The van der Waals surface area contributed by atoms with Crippen LogP contribution in [0.2, 0.25) is 5.02 Å². The molecule has 84 valence electrons. The predicted molar refractivity (Wildman–Crippen MR) is 77.2 cm³/mol. The monoisotopic (exact) mass is 379 g/mol. The summed E-state index contributed by atoms with van der Waals surface area (Å²) in [5.41, 5.74) is 7.20. The van der Waals surface area contributed by atoms with Gasteiger partial charge in [0.25, 0.3) is 0 Å². The second-order valence-corrected chi connectivity index (χ2v) is 6.35.